The fourth-order valence-corrected chi connectivity index (χ4v) is 5.28. The van der Waals surface area contributed by atoms with Gasteiger partial charge in [-0.1, -0.05) is 117 Å². The number of amides is 2. The van der Waals surface area contributed by atoms with Crippen molar-refractivity contribution in [1.82, 2.24) is 25.3 Å². The average molecular weight is 568 g/mol. The van der Waals surface area contributed by atoms with Crippen LogP contribution < -0.4 is 10.6 Å². The molecule has 2 unspecified atom stereocenters. The van der Waals surface area contributed by atoms with Crippen LogP contribution in [0.2, 0.25) is 0 Å². The van der Waals surface area contributed by atoms with Gasteiger partial charge in [0.2, 0.25) is 11.8 Å². The molecule has 0 aromatic carbocycles. The highest BCUT2D eigenvalue weighted by Crippen LogP contribution is 2.13. The summed E-state index contributed by atoms with van der Waals surface area (Å²) in [4.78, 5) is 31.9. The Morgan fingerprint density at radius 2 is 0.800 bits per heavy atom. The molecule has 0 radical (unpaired) electrons. The van der Waals surface area contributed by atoms with Gasteiger partial charge in [0.25, 0.3) is 0 Å². The predicted octanol–water partition coefficient (Wildman–Crippen LogP) is 6.07. The number of carbonyl (C=O) groups is 2. The summed E-state index contributed by atoms with van der Waals surface area (Å²) in [5, 5.41) is 6.27. The maximum absolute atomic E-state index is 12.8. The number of likely N-dealkylation sites (N-methyl/N-ethyl adjacent to an activating group) is 3. The molecular formula is C33H69N5O2. The van der Waals surface area contributed by atoms with E-state index in [9.17, 15) is 9.59 Å². The monoisotopic (exact) mass is 568 g/mol. The third-order valence-electron chi connectivity index (χ3n) is 8.10. The summed E-state index contributed by atoms with van der Waals surface area (Å²) < 4.78 is 0. The van der Waals surface area contributed by atoms with E-state index in [1.165, 1.54) is 89.9 Å². The van der Waals surface area contributed by atoms with Crippen LogP contribution >= 0.6 is 0 Å². The van der Waals surface area contributed by atoms with E-state index in [2.05, 4.69) is 29.4 Å². The lowest BCUT2D eigenvalue weighted by molar-refractivity contribution is -0.126. The van der Waals surface area contributed by atoms with E-state index in [-0.39, 0.29) is 23.9 Å². The summed E-state index contributed by atoms with van der Waals surface area (Å²) in [6.45, 7) is 7.31. The van der Waals surface area contributed by atoms with Crippen LogP contribution in [0.1, 0.15) is 129 Å². The molecular weight excluding hydrogens is 498 g/mol. The molecule has 2 atom stereocenters. The summed E-state index contributed by atoms with van der Waals surface area (Å²) in [5.74, 6) is 0.258. The zero-order valence-corrected chi connectivity index (χ0v) is 27.9. The Kier molecular flexibility index (Phi) is 25.9. The third kappa shape index (κ3) is 21.6. The predicted molar refractivity (Wildman–Crippen MR) is 173 cm³/mol. The van der Waals surface area contributed by atoms with Crippen molar-refractivity contribution in [2.75, 3.05) is 61.4 Å². The van der Waals surface area contributed by atoms with Gasteiger partial charge in [-0.3, -0.25) is 19.4 Å². The Balaban J connectivity index is 4.11. The minimum absolute atomic E-state index is 0.0614. The summed E-state index contributed by atoms with van der Waals surface area (Å²) >= 11 is 0. The van der Waals surface area contributed by atoms with Gasteiger partial charge < -0.3 is 15.5 Å². The lowest BCUT2D eigenvalue weighted by Crippen LogP contribution is -2.47. The quantitative estimate of drug-likeness (QED) is 0.112. The number of carbonyl (C=O) groups excluding carboxylic acids is 2. The van der Waals surface area contributed by atoms with Gasteiger partial charge in [0.15, 0.2) is 0 Å². The van der Waals surface area contributed by atoms with Crippen molar-refractivity contribution in [1.29, 1.82) is 0 Å². The first-order valence-corrected chi connectivity index (χ1v) is 16.8. The number of nitrogens with zero attached hydrogens (tertiary/aromatic N) is 3. The Labute approximate surface area is 249 Å². The maximum Gasteiger partial charge on any atom is 0.237 e. The topological polar surface area (TPSA) is 67.9 Å². The Morgan fingerprint density at radius 3 is 1.10 bits per heavy atom. The standard InChI is InChI=1S/C33H69N5O2/c1-8-10-12-14-16-18-20-22-24-30(36(3)4)32(39)34-26-28-38(7)29-27-35-33(40)31(37(5)6)25-23-21-19-17-15-13-11-9-2/h30-31H,8-29H2,1-7H3,(H,34,39)(H,35,40). The number of rotatable bonds is 28. The van der Waals surface area contributed by atoms with Gasteiger partial charge >= 0.3 is 0 Å². The number of unbranched alkanes of at least 4 members (excludes halogenated alkanes) is 14. The SMILES string of the molecule is CCCCCCCCCCC(C(=O)NCCN(C)CCNC(=O)C(CCCCCCCCCC)N(C)C)N(C)C. The van der Waals surface area contributed by atoms with Crippen molar-refractivity contribution >= 4 is 11.8 Å². The van der Waals surface area contributed by atoms with E-state index in [0.29, 0.717) is 13.1 Å². The molecule has 40 heavy (non-hydrogen) atoms. The highest BCUT2D eigenvalue weighted by atomic mass is 16.2. The van der Waals surface area contributed by atoms with Gasteiger partial charge in [0, 0.05) is 26.2 Å². The summed E-state index contributed by atoms with van der Waals surface area (Å²) in [7, 11) is 10.0. The molecule has 7 heteroatoms. The third-order valence-corrected chi connectivity index (χ3v) is 8.10. The molecule has 0 heterocycles. The zero-order valence-electron chi connectivity index (χ0n) is 27.9. The molecule has 7 nitrogen and oxygen atoms in total. The van der Waals surface area contributed by atoms with E-state index in [0.717, 1.165) is 38.8 Å². The van der Waals surface area contributed by atoms with Crippen molar-refractivity contribution in [3.05, 3.63) is 0 Å². The van der Waals surface area contributed by atoms with Gasteiger partial charge in [-0.25, -0.2) is 0 Å². The van der Waals surface area contributed by atoms with Gasteiger partial charge in [0.05, 0.1) is 12.1 Å². The molecule has 238 valence electrons. The number of hydrogen-bond donors (Lipinski definition) is 2. The fourth-order valence-electron chi connectivity index (χ4n) is 5.28. The minimum atomic E-state index is -0.0614. The molecule has 0 aliphatic rings. The van der Waals surface area contributed by atoms with Crippen molar-refractivity contribution in [2.45, 2.75) is 142 Å². The first kappa shape index (κ1) is 38.8. The van der Waals surface area contributed by atoms with Gasteiger partial charge in [-0.05, 0) is 48.1 Å². The number of hydrogen-bond acceptors (Lipinski definition) is 5. The molecule has 0 aromatic rings. The van der Waals surface area contributed by atoms with Crippen LogP contribution in [-0.4, -0.2) is 100 Å². The second kappa shape index (κ2) is 26.7. The molecule has 0 saturated heterocycles. The summed E-state index contributed by atoms with van der Waals surface area (Å²) in [6, 6.07) is -0.123. The molecule has 0 aliphatic heterocycles. The first-order valence-electron chi connectivity index (χ1n) is 16.8. The van der Waals surface area contributed by atoms with E-state index in [1.54, 1.807) is 0 Å². The van der Waals surface area contributed by atoms with Crippen LogP contribution in [0.25, 0.3) is 0 Å². The van der Waals surface area contributed by atoms with Crippen molar-refractivity contribution in [3.63, 3.8) is 0 Å². The second-order valence-corrected chi connectivity index (χ2v) is 12.4. The number of nitrogens with one attached hydrogen (secondary N) is 2. The van der Waals surface area contributed by atoms with Crippen LogP contribution in [0.5, 0.6) is 0 Å². The maximum atomic E-state index is 12.8. The lowest BCUT2D eigenvalue weighted by atomic mass is 10.0. The molecule has 2 amide bonds. The van der Waals surface area contributed by atoms with E-state index in [1.807, 2.05) is 45.0 Å². The zero-order chi connectivity index (χ0) is 30.0. The first-order chi connectivity index (χ1) is 19.2. The van der Waals surface area contributed by atoms with Crippen molar-refractivity contribution < 1.29 is 9.59 Å². The molecule has 0 saturated carbocycles. The van der Waals surface area contributed by atoms with Crippen molar-refractivity contribution in [2.24, 2.45) is 0 Å². The summed E-state index contributed by atoms with van der Waals surface area (Å²) in [6.07, 6.45) is 22.4. The average Bonchev–Trinajstić information content (AvgIpc) is 2.90. The van der Waals surface area contributed by atoms with Crippen molar-refractivity contribution in [3.8, 4) is 0 Å². The molecule has 2 N–H and O–H groups in total. The van der Waals surface area contributed by atoms with E-state index < -0.39 is 0 Å². The molecule has 0 aliphatic carbocycles. The molecule has 0 aromatic heterocycles. The Morgan fingerprint density at radius 1 is 0.500 bits per heavy atom. The molecule has 0 fully saturated rings. The highest BCUT2D eigenvalue weighted by molar-refractivity contribution is 5.82. The molecule has 0 rings (SSSR count). The van der Waals surface area contributed by atoms with Crippen LogP contribution in [0.4, 0.5) is 0 Å². The second-order valence-electron chi connectivity index (χ2n) is 12.4. The molecule has 0 spiro atoms. The normalized spacial score (nSPS) is 13.2. The van der Waals surface area contributed by atoms with Crippen LogP contribution in [0, 0.1) is 0 Å². The van der Waals surface area contributed by atoms with E-state index in [4.69, 9.17) is 0 Å². The summed E-state index contributed by atoms with van der Waals surface area (Å²) in [5.41, 5.74) is 0. The van der Waals surface area contributed by atoms with E-state index >= 15 is 0 Å². The Bertz CT molecular complexity index is 549. The Hall–Kier alpha value is -1.18. The van der Waals surface area contributed by atoms with Gasteiger partial charge in [-0.2, -0.15) is 0 Å². The van der Waals surface area contributed by atoms with Crippen LogP contribution in [0.3, 0.4) is 0 Å². The van der Waals surface area contributed by atoms with Gasteiger partial charge in [-0.15, -0.1) is 0 Å². The smallest absolute Gasteiger partial charge is 0.237 e. The minimum Gasteiger partial charge on any atom is -0.353 e. The largest absolute Gasteiger partial charge is 0.353 e. The fraction of sp³-hybridized carbons (Fsp3) is 0.939. The lowest BCUT2D eigenvalue weighted by Gasteiger charge is -2.25. The van der Waals surface area contributed by atoms with Gasteiger partial charge in [0.1, 0.15) is 0 Å². The van der Waals surface area contributed by atoms with Crippen LogP contribution in [0.15, 0.2) is 0 Å². The van der Waals surface area contributed by atoms with Crippen LogP contribution in [-0.2, 0) is 9.59 Å². The highest BCUT2D eigenvalue weighted by Gasteiger charge is 2.21. The molecule has 0 bridgehead atoms.